The lowest BCUT2D eigenvalue weighted by Gasteiger charge is -2.20. The number of thiophene rings is 1. The zero-order valence-corrected chi connectivity index (χ0v) is 12.6. The molecule has 0 saturated carbocycles. The third kappa shape index (κ3) is 2.79. The minimum absolute atomic E-state index is 0.0618. The molecule has 104 valence electrons. The van der Waals surface area contributed by atoms with Gasteiger partial charge in [0.25, 0.3) is 0 Å². The summed E-state index contributed by atoms with van der Waals surface area (Å²) < 4.78 is 5.83. The van der Waals surface area contributed by atoms with Gasteiger partial charge in [-0.3, -0.25) is 0 Å². The molecule has 1 aliphatic heterocycles. The molecule has 1 saturated heterocycles. The lowest BCUT2D eigenvalue weighted by molar-refractivity contribution is 0.245. The summed E-state index contributed by atoms with van der Waals surface area (Å²) in [6, 6.07) is 2.16. The number of anilines is 2. The maximum Gasteiger partial charge on any atom is 0.178 e. The Kier molecular flexibility index (Phi) is 4.20. The zero-order valence-electron chi connectivity index (χ0n) is 11.8. The van der Waals surface area contributed by atoms with Gasteiger partial charge in [0.2, 0.25) is 0 Å². The first-order valence-corrected chi connectivity index (χ1v) is 7.62. The number of nitrogens with zero attached hydrogens (tertiary/aromatic N) is 2. The summed E-state index contributed by atoms with van der Waals surface area (Å²) in [5.74, 6) is 1.44. The number of hydrogen-bond donors (Lipinski definition) is 1. The van der Waals surface area contributed by atoms with Crippen molar-refractivity contribution in [3.63, 3.8) is 0 Å². The van der Waals surface area contributed by atoms with Gasteiger partial charge in [0.15, 0.2) is 5.75 Å². The summed E-state index contributed by atoms with van der Waals surface area (Å²) in [7, 11) is 0. The Morgan fingerprint density at radius 1 is 1.58 bits per heavy atom. The average Bonchev–Trinajstić information content (AvgIpc) is 2.95. The fourth-order valence-electron chi connectivity index (χ4n) is 2.41. The third-order valence-electron chi connectivity index (χ3n) is 3.49. The van der Waals surface area contributed by atoms with E-state index in [0.717, 1.165) is 24.0 Å². The first-order chi connectivity index (χ1) is 9.06. The molecule has 0 amide bonds. The zero-order chi connectivity index (χ0) is 14.0. The van der Waals surface area contributed by atoms with Crippen LogP contribution in [0, 0.1) is 17.2 Å². The van der Waals surface area contributed by atoms with E-state index in [1.807, 2.05) is 13.8 Å². The molecule has 2 rings (SSSR count). The van der Waals surface area contributed by atoms with Gasteiger partial charge < -0.3 is 15.4 Å². The molecule has 2 N–H and O–H groups in total. The van der Waals surface area contributed by atoms with Crippen LogP contribution in [0.1, 0.15) is 38.5 Å². The van der Waals surface area contributed by atoms with Gasteiger partial charge in [0.05, 0.1) is 6.10 Å². The molecule has 1 aromatic rings. The molecular formula is C14H21N3OS. The van der Waals surface area contributed by atoms with Crippen molar-refractivity contribution >= 4 is 22.0 Å². The summed E-state index contributed by atoms with van der Waals surface area (Å²) in [6.45, 7) is 8.24. The Balaban J connectivity index is 2.31. The van der Waals surface area contributed by atoms with Crippen molar-refractivity contribution in [3.8, 4) is 11.8 Å². The highest BCUT2D eigenvalue weighted by molar-refractivity contribution is 7.17. The van der Waals surface area contributed by atoms with Crippen LogP contribution in [0.25, 0.3) is 0 Å². The van der Waals surface area contributed by atoms with Crippen LogP contribution in [0.3, 0.4) is 0 Å². The van der Waals surface area contributed by atoms with Crippen LogP contribution < -0.4 is 15.4 Å². The second-order valence-corrected chi connectivity index (χ2v) is 6.27. The van der Waals surface area contributed by atoms with Crippen molar-refractivity contribution in [2.24, 2.45) is 5.92 Å². The molecule has 0 radical (unpaired) electrons. The van der Waals surface area contributed by atoms with Crippen LogP contribution in [-0.2, 0) is 0 Å². The number of rotatable bonds is 4. The fourth-order valence-corrected chi connectivity index (χ4v) is 3.39. The summed E-state index contributed by atoms with van der Waals surface area (Å²) in [5.41, 5.74) is 6.53. The van der Waals surface area contributed by atoms with E-state index < -0.39 is 0 Å². The van der Waals surface area contributed by atoms with Crippen LogP contribution in [0.2, 0.25) is 0 Å². The molecule has 0 aliphatic carbocycles. The SMILES string of the molecule is CCC1CCN(c2sc(C#N)c(N)c2OC(C)C)C1. The topological polar surface area (TPSA) is 62.3 Å². The van der Waals surface area contributed by atoms with E-state index in [9.17, 15) is 0 Å². The van der Waals surface area contributed by atoms with Gasteiger partial charge >= 0.3 is 0 Å². The predicted molar refractivity (Wildman–Crippen MR) is 79.8 cm³/mol. The van der Waals surface area contributed by atoms with Crippen LogP contribution in [0.15, 0.2) is 0 Å². The second kappa shape index (κ2) is 5.70. The molecule has 4 nitrogen and oxygen atoms in total. The Morgan fingerprint density at radius 2 is 2.32 bits per heavy atom. The summed E-state index contributed by atoms with van der Waals surface area (Å²) in [5, 5.41) is 10.2. The average molecular weight is 279 g/mol. The number of nitrogens with two attached hydrogens (primary N) is 1. The van der Waals surface area contributed by atoms with Gasteiger partial charge in [-0.25, -0.2) is 0 Å². The molecule has 19 heavy (non-hydrogen) atoms. The Labute approximate surface area is 118 Å². The summed E-state index contributed by atoms with van der Waals surface area (Å²) in [4.78, 5) is 2.87. The number of hydrogen-bond acceptors (Lipinski definition) is 5. The van der Waals surface area contributed by atoms with E-state index >= 15 is 0 Å². The summed E-state index contributed by atoms with van der Waals surface area (Å²) >= 11 is 1.45. The maximum atomic E-state index is 9.14. The lowest BCUT2D eigenvalue weighted by Crippen LogP contribution is -2.20. The number of nitriles is 1. The standard InChI is InChI=1S/C14H21N3OS/c1-4-10-5-6-17(8-10)14-13(18-9(2)3)12(16)11(7-15)19-14/h9-10H,4-6,8,16H2,1-3H3. The van der Waals surface area contributed by atoms with E-state index in [1.54, 1.807) is 0 Å². The minimum Gasteiger partial charge on any atom is -0.486 e. The van der Waals surface area contributed by atoms with E-state index in [4.69, 9.17) is 15.7 Å². The number of nitrogen functional groups attached to an aromatic ring is 1. The van der Waals surface area contributed by atoms with Gasteiger partial charge in [0.1, 0.15) is 21.6 Å². The van der Waals surface area contributed by atoms with Crippen LogP contribution >= 0.6 is 11.3 Å². The Hall–Kier alpha value is -1.41. The lowest BCUT2D eigenvalue weighted by atomic mass is 10.1. The molecule has 5 heteroatoms. The molecule has 0 bridgehead atoms. The van der Waals surface area contributed by atoms with Crippen LogP contribution in [0.4, 0.5) is 10.7 Å². The van der Waals surface area contributed by atoms with E-state index in [-0.39, 0.29) is 6.10 Å². The van der Waals surface area contributed by atoms with Gasteiger partial charge in [-0.2, -0.15) is 5.26 Å². The van der Waals surface area contributed by atoms with Gasteiger partial charge in [-0.05, 0) is 26.2 Å². The second-order valence-electron chi connectivity index (χ2n) is 5.27. The Bertz CT molecular complexity index is 490. The molecule has 1 fully saturated rings. The maximum absolute atomic E-state index is 9.14. The van der Waals surface area contributed by atoms with Crippen molar-refractivity contribution < 1.29 is 4.74 Å². The third-order valence-corrected chi connectivity index (χ3v) is 4.64. The molecule has 1 aliphatic rings. The molecule has 0 aromatic carbocycles. The fraction of sp³-hybridized carbons (Fsp3) is 0.643. The smallest absolute Gasteiger partial charge is 0.178 e. The highest BCUT2D eigenvalue weighted by Gasteiger charge is 2.28. The van der Waals surface area contributed by atoms with Crippen molar-refractivity contribution in [2.75, 3.05) is 23.7 Å². The molecular weight excluding hydrogens is 258 g/mol. The van der Waals surface area contributed by atoms with Crippen molar-refractivity contribution in [1.82, 2.24) is 0 Å². The highest BCUT2D eigenvalue weighted by atomic mass is 32.1. The quantitative estimate of drug-likeness (QED) is 0.919. The van der Waals surface area contributed by atoms with Gasteiger partial charge in [0, 0.05) is 13.1 Å². The van der Waals surface area contributed by atoms with Crippen molar-refractivity contribution in [2.45, 2.75) is 39.7 Å². The Morgan fingerprint density at radius 3 is 2.84 bits per heavy atom. The predicted octanol–water partition coefficient (Wildman–Crippen LogP) is 3.23. The van der Waals surface area contributed by atoms with E-state index in [0.29, 0.717) is 16.3 Å². The molecule has 1 atom stereocenters. The van der Waals surface area contributed by atoms with Crippen LogP contribution in [-0.4, -0.2) is 19.2 Å². The highest BCUT2D eigenvalue weighted by Crippen LogP contribution is 2.46. The largest absolute Gasteiger partial charge is 0.486 e. The first kappa shape index (κ1) is 14.0. The van der Waals surface area contributed by atoms with Crippen molar-refractivity contribution in [3.05, 3.63) is 4.88 Å². The first-order valence-electron chi connectivity index (χ1n) is 6.80. The van der Waals surface area contributed by atoms with Gasteiger partial charge in [-0.1, -0.05) is 13.3 Å². The normalized spacial score (nSPS) is 18.9. The molecule has 1 unspecified atom stereocenters. The number of ether oxygens (including phenoxy) is 1. The van der Waals surface area contributed by atoms with Crippen LogP contribution in [0.5, 0.6) is 5.75 Å². The summed E-state index contributed by atoms with van der Waals surface area (Å²) in [6.07, 6.45) is 2.46. The molecule has 0 spiro atoms. The van der Waals surface area contributed by atoms with Crippen molar-refractivity contribution in [1.29, 1.82) is 5.26 Å². The van der Waals surface area contributed by atoms with E-state index in [2.05, 4.69) is 17.9 Å². The monoisotopic (exact) mass is 279 g/mol. The molecule has 1 aromatic heterocycles. The molecule has 2 heterocycles. The van der Waals surface area contributed by atoms with Gasteiger partial charge in [-0.15, -0.1) is 11.3 Å². The van der Waals surface area contributed by atoms with E-state index in [1.165, 1.54) is 24.2 Å². The minimum atomic E-state index is 0.0618.